The minimum Gasteiger partial charge on any atom is -0.379 e. The number of methoxy groups -OCH3 is 1. The Bertz CT molecular complexity index is 1050. The summed E-state index contributed by atoms with van der Waals surface area (Å²) >= 11 is 6.10. The Kier molecular flexibility index (Phi) is 8.56. The van der Waals surface area contributed by atoms with Crippen LogP contribution in [0.3, 0.4) is 0 Å². The van der Waals surface area contributed by atoms with Gasteiger partial charge in [0, 0.05) is 58.0 Å². The number of hydrazone groups is 1. The van der Waals surface area contributed by atoms with E-state index in [1.54, 1.807) is 4.90 Å². The van der Waals surface area contributed by atoms with E-state index in [-0.39, 0.29) is 31.0 Å². The zero-order valence-electron chi connectivity index (χ0n) is 20.2. The van der Waals surface area contributed by atoms with Gasteiger partial charge in [0.1, 0.15) is 13.2 Å². The van der Waals surface area contributed by atoms with Crippen LogP contribution in [0.5, 0.6) is 0 Å². The van der Waals surface area contributed by atoms with Gasteiger partial charge in [-0.15, -0.1) is 0 Å². The van der Waals surface area contributed by atoms with E-state index in [4.69, 9.17) is 26.2 Å². The fourth-order valence-electron chi connectivity index (χ4n) is 4.43. The number of nitrogens with zero attached hydrogens (tertiary/aromatic N) is 5. The largest absolute Gasteiger partial charge is 0.379 e. The zero-order valence-corrected chi connectivity index (χ0v) is 21.0. The maximum Gasteiger partial charge on any atom is 0.262 e. The molecule has 0 unspecified atom stereocenters. The number of rotatable bonds is 9. The third-order valence-corrected chi connectivity index (χ3v) is 6.65. The number of carbonyl (C=O) groups excluding carboxylic acids is 2. The van der Waals surface area contributed by atoms with Gasteiger partial charge in [-0.2, -0.15) is 5.10 Å². The smallest absolute Gasteiger partial charge is 0.262 e. The van der Waals surface area contributed by atoms with Crippen molar-refractivity contribution in [3.8, 4) is 0 Å². The van der Waals surface area contributed by atoms with Crippen LogP contribution in [0.2, 0.25) is 5.02 Å². The van der Waals surface area contributed by atoms with Crippen molar-refractivity contribution in [1.82, 2.24) is 19.4 Å². The average molecular weight is 502 g/mol. The molecular weight excluding hydrogens is 470 g/mol. The van der Waals surface area contributed by atoms with Crippen LogP contribution in [0.1, 0.15) is 23.7 Å². The second-order valence-electron chi connectivity index (χ2n) is 8.76. The Morgan fingerprint density at radius 2 is 1.94 bits per heavy atom. The normalized spacial score (nSPS) is 18.5. The van der Waals surface area contributed by atoms with E-state index >= 15 is 0 Å². The quantitative estimate of drug-likeness (QED) is 0.526. The van der Waals surface area contributed by atoms with Crippen LogP contribution in [0, 0.1) is 0 Å². The lowest BCUT2D eigenvalue weighted by Crippen LogP contribution is -2.47. The summed E-state index contributed by atoms with van der Waals surface area (Å²) in [6.45, 7) is 3.95. The summed E-state index contributed by atoms with van der Waals surface area (Å²) in [5, 5.41) is 6.88. The Labute approximate surface area is 210 Å². The molecule has 0 radical (unpaired) electrons. The van der Waals surface area contributed by atoms with E-state index < -0.39 is 0 Å². The summed E-state index contributed by atoms with van der Waals surface area (Å²) < 4.78 is 12.5. The van der Waals surface area contributed by atoms with Gasteiger partial charge in [-0.1, -0.05) is 23.7 Å². The fourth-order valence-corrected chi connectivity index (χ4v) is 4.56. The summed E-state index contributed by atoms with van der Waals surface area (Å²) in [6.07, 6.45) is 2.53. The number of aryl methyl sites for hydroxylation is 1. The molecule has 1 fully saturated rings. The maximum atomic E-state index is 13.6. The Morgan fingerprint density at radius 1 is 1.20 bits per heavy atom. The van der Waals surface area contributed by atoms with Crippen molar-refractivity contribution in [2.45, 2.75) is 12.5 Å². The molecule has 9 nitrogen and oxygen atoms in total. The van der Waals surface area contributed by atoms with Crippen LogP contribution >= 0.6 is 11.6 Å². The number of ether oxygens (including phenoxy) is 2. The van der Waals surface area contributed by atoms with Crippen molar-refractivity contribution in [2.75, 3.05) is 59.7 Å². The number of aromatic nitrogens is 1. The van der Waals surface area contributed by atoms with Gasteiger partial charge in [0.2, 0.25) is 5.91 Å². The first-order chi connectivity index (χ1) is 17.0. The van der Waals surface area contributed by atoms with Gasteiger partial charge in [-0.05, 0) is 29.8 Å². The molecule has 2 amide bonds. The molecule has 0 spiro atoms. The van der Waals surface area contributed by atoms with E-state index in [2.05, 4.69) is 4.90 Å². The van der Waals surface area contributed by atoms with Crippen molar-refractivity contribution < 1.29 is 19.1 Å². The highest BCUT2D eigenvalue weighted by Gasteiger charge is 2.35. The molecule has 35 heavy (non-hydrogen) atoms. The summed E-state index contributed by atoms with van der Waals surface area (Å²) in [5.41, 5.74) is 2.73. The lowest BCUT2D eigenvalue weighted by molar-refractivity contribution is -0.143. The average Bonchev–Trinajstić information content (AvgIpc) is 3.49. The fraction of sp³-hybridized carbons (Fsp3) is 0.480. The summed E-state index contributed by atoms with van der Waals surface area (Å²) in [5.74, 6) is -0.455. The third-order valence-electron chi connectivity index (χ3n) is 6.40. The molecule has 1 aromatic heterocycles. The highest BCUT2D eigenvalue weighted by Crippen LogP contribution is 2.33. The lowest BCUT2D eigenvalue weighted by Gasteiger charge is -2.31. The predicted octanol–water partition coefficient (Wildman–Crippen LogP) is 2.16. The molecule has 4 rings (SSSR count). The van der Waals surface area contributed by atoms with Gasteiger partial charge in [0.25, 0.3) is 5.91 Å². The van der Waals surface area contributed by atoms with Crippen LogP contribution in [0.25, 0.3) is 0 Å². The number of hydrogen-bond donors (Lipinski definition) is 0. The number of benzene rings is 1. The lowest BCUT2D eigenvalue weighted by atomic mass is 10.0. The Balaban J connectivity index is 1.54. The summed E-state index contributed by atoms with van der Waals surface area (Å²) in [4.78, 5) is 30.2. The van der Waals surface area contributed by atoms with Crippen molar-refractivity contribution in [3.05, 3.63) is 58.9 Å². The number of amides is 2. The number of hydrogen-bond acceptors (Lipinski definition) is 6. The molecule has 0 bridgehead atoms. The standard InChI is InChI=1S/C25H32ClN5O4/c1-28-9-3-4-22(28)21-16-23(19-5-7-20(26)8-6-19)31(27-21)24(32)17-30(25(33)18-34-2)11-10-29-12-14-35-15-13-29/h3-9,23H,10-18H2,1-2H3/t23-/m0/s1. The first-order valence-electron chi connectivity index (χ1n) is 11.8. The molecule has 2 aliphatic heterocycles. The molecule has 1 atom stereocenters. The van der Waals surface area contributed by atoms with Crippen LogP contribution in [-0.4, -0.2) is 96.6 Å². The number of halogens is 1. The van der Waals surface area contributed by atoms with Crippen LogP contribution in [-0.2, 0) is 26.1 Å². The monoisotopic (exact) mass is 501 g/mol. The molecule has 0 saturated carbocycles. The summed E-state index contributed by atoms with van der Waals surface area (Å²) in [6, 6.07) is 11.1. The van der Waals surface area contributed by atoms with E-state index in [9.17, 15) is 9.59 Å². The number of carbonyl (C=O) groups is 2. The van der Waals surface area contributed by atoms with E-state index in [1.807, 2.05) is 54.2 Å². The highest BCUT2D eigenvalue weighted by molar-refractivity contribution is 6.30. The molecule has 2 aliphatic rings. The Hall–Kier alpha value is -2.72. The van der Waals surface area contributed by atoms with Crippen LogP contribution in [0.4, 0.5) is 0 Å². The molecule has 0 N–H and O–H groups in total. The van der Waals surface area contributed by atoms with E-state index in [1.165, 1.54) is 12.1 Å². The van der Waals surface area contributed by atoms with Crippen molar-refractivity contribution in [1.29, 1.82) is 0 Å². The molecule has 188 valence electrons. The SMILES string of the molecule is COCC(=O)N(CCN1CCOCC1)CC(=O)N1N=C(c2cccn2C)C[C@H]1c1ccc(Cl)cc1. The molecule has 1 saturated heterocycles. The maximum absolute atomic E-state index is 13.6. The van der Waals surface area contributed by atoms with Crippen LogP contribution in [0.15, 0.2) is 47.7 Å². The van der Waals surface area contributed by atoms with E-state index in [0.717, 1.165) is 30.1 Å². The van der Waals surface area contributed by atoms with Crippen molar-refractivity contribution in [3.63, 3.8) is 0 Å². The van der Waals surface area contributed by atoms with Gasteiger partial charge in [0.15, 0.2) is 0 Å². The van der Waals surface area contributed by atoms with Gasteiger partial charge >= 0.3 is 0 Å². The van der Waals surface area contributed by atoms with Gasteiger partial charge < -0.3 is 18.9 Å². The molecule has 10 heteroatoms. The molecular formula is C25H32ClN5O4. The topological polar surface area (TPSA) is 79.6 Å². The highest BCUT2D eigenvalue weighted by atomic mass is 35.5. The van der Waals surface area contributed by atoms with Crippen LogP contribution < -0.4 is 0 Å². The molecule has 3 heterocycles. The predicted molar refractivity (Wildman–Crippen MR) is 133 cm³/mol. The molecule has 0 aliphatic carbocycles. The van der Waals surface area contributed by atoms with Gasteiger partial charge in [-0.3, -0.25) is 14.5 Å². The second-order valence-corrected chi connectivity index (χ2v) is 9.20. The molecule has 2 aromatic rings. The van der Waals surface area contributed by atoms with E-state index in [0.29, 0.717) is 37.7 Å². The van der Waals surface area contributed by atoms with Crippen molar-refractivity contribution in [2.24, 2.45) is 12.1 Å². The molecule has 1 aromatic carbocycles. The van der Waals surface area contributed by atoms with Gasteiger partial charge in [-0.25, -0.2) is 5.01 Å². The van der Waals surface area contributed by atoms with Gasteiger partial charge in [0.05, 0.1) is 30.7 Å². The zero-order chi connectivity index (χ0) is 24.8. The second kappa shape index (κ2) is 11.8. The first kappa shape index (κ1) is 25.4. The van der Waals surface area contributed by atoms with Crippen molar-refractivity contribution >= 4 is 29.1 Å². The number of morpholine rings is 1. The minimum atomic E-state index is -0.275. The Morgan fingerprint density at radius 3 is 2.60 bits per heavy atom. The minimum absolute atomic E-state index is 0.0689. The third kappa shape index (κ3) is 6.29. The summed E-state index contributed by atoms with van der Waals surface area (Å²) in [7, 11) is 3.43. The first-order valence-corrected chi connectivity index (χ1v) is 12.2.